The van der Waals surface area contributed by atoms with Gasteiger partial charge in [-0.3, -0.25) is 4.98 Å². The summed E-state index contributed by atoms with van der Waals surface area (Å²) in [5.41, 5.74) is 1.21. The molecule has 0 spiro atoms. The lowest BCUT2D eigenvalue weighted by Gasteiger charge is -2.13. The Hall–Kier alpha value is -2.83. The fraction of sp³-hybridized carbons (Fsp3) is 0.158. The van der Waals surface area contributed by atoms with Crippen molar-refractivity contribution in [2.75, 3.05) is 21.3 Å². The molecule has 0 radical (unpaired) electrons. The van der Waals surface area contributed by atoms with Crippen molar-refractivity contribution in [1.29, 1.82) is 0 Å². The number of nitrogens with two attached hydrogens (primary N) is 1. The first-order chi connectivity index (χ1) is 12.2. The van der Waals surface area contributed by atoms with E-state index in [4.69, 9.17) is 14.2 Å². The molecule has 1 heterocycles. The molecular formula is C19H19ClN2O4. The number of pyridine rings is 1. The Morgan fingerprint density at radius 2 is 1.62 bits per heavy atom. The van der Waals surface area contributed by atoms with Gasteiger partial charge < -0.3 is 26.6 Å². The quantitative estimate of drug-likeness (QED) is 0.639. The lowest BCUT2D eigenvalue weighted by molar-refractivity contribution is -0.462. The van der Waals surface area contributed by atoms with E-state index in [-0.39, 0.29) is 18.3 Å². The maximum absolute atomic E-state index is 12.8. The van der Waals surface area contributed by atoms with Gasteiger partial charge in [-0.05, 0) is 6.07 Å². The number of nitrogens with zero attached hydrogens (tertiary/aromatic N) is 1. The molecule has 0 aliphatic rings. The summed E-state index contributed by atoms with van der Waals surface area (Å²) in [5.74, 6) is 1.16. The number of hydrogen-bond donors (Lipinski definition) is 1. The van der Waals surface area contributed by atoms with Crippen LogP contribution in [-0.2, 0) is 0 Å². The van der Waals surface area contributed by atoms with Gasteiger partial charge in [0.05, 0.1) is 33.1 Å². The number of methoxy groups -OCH3 is 3. The summed E-state index contributed by atoms with van der Waals surface area (Å²) >= 11 is 0. The van der Waals surface area contributed by atoms with E-state index in [2.05, 4.69) is 4.98 Å². The highest BCUT2D eigenvalue weighted by atomic mass is 35.5. The fourth-order valence-electron chi connectivity index (χ4n) is 2.70. The van der Waals surface area contributed by atoms with Crippen LogP contribution >= 0.6 is 0 Å². The van der Waals surface area contributed by atoms with Gasteiger partial charge >= 0.3 is 5.91 Å². The van der Waals surface area contributed by atoms with Gasteiger partial charge in [0.1, 0.15) is 0 Å². The molecule has 0 aliphatic carbocycles. The van der Waals surface area contributed by atoms with E-state index in [1.807, 2.05) is 24.3 Å². The smallest absolute Gasteiger partial charge is 0.347 e. The van der Waals surface area contributed by atoms with Crippen LogP contribution in [0.3, 0.4) is 0 Å². The van der Waals surface area contributed by atoms with E-state index in [0.29, 0.717) is 22.8 Å². The molecule has 26 heavy (non-hydrogen) atoms. The van der Waals surface area contributed by atoms with Crippen molar-refractivity contribution in [2.45, 2.75) is 0 Å². The molecule has 0 bridgehead atoms. The number of primary amides is 1. The Labute approximate surface area is 157 Å². The number of ether oxygens (including phenoxy) is 3. The van der Waals surface area contributed by atoms with Crippen molar-refractivity contribution < 1.29 is 36.7 Å². The van der Waals surface area contributed by atoms with Crippen molar-refractivity contribution in [2.24, 2.45) is 0 Å². The van der Waals surface area contributed by atoms with Crippen LogP contribution in [0.2, 0.25) is 0 Å². The average Bonchev–Trinajstić information content (AvgIpc) is 2.66. The van der Waals surface area contributed by atoms with E-state index in [0.717, 1.165) is 16.5 Å². The van der Waals surface area contributed by atoms with E-state index >= 15 is 0 Å². The first kappa shape index (κ1) is 19.5. The molecule has 3 aromatic rings. The molecule has 1 aromatic heterocycles. The van der Waals surface area contributed by atoms with Crippen molar-refractivity contribution >= 4 is 22.4 Å². The van der Waals surface area contributed by atoms with Crippen LogP contribution in [-0.4, -0.2) is 32.2 Å². The predicted octanol–water partition coefficient (Wildman–Crippen LogP) is -0.700. The minimum Gasteiger partial charge on any atom is -1.00 e. The molecule has 0 unspecified atom stereocenters. The molecule has 0 saturated heterocycles. The summed E-state index contributed by atoms with van der Waals surface area (Å²) in [4.78, 5) is 17.0. The van der Waals surface area contributed by atoms with Gasteiger partial charge in [-0.15, -0.1) is 0 Å². The summed E-state index contributed by atoms with van der Waals surface area (Å²) in [5, 5.41) is 3.52. The van der Waals surface area contributed by atoms with Crippen LogP contribution in [0.15, 0.2) is 48.8 Å². The number of halogens is 1. The number of aromatic nitrogens is 1. The first-order valence-corrected chi connectivity index (χ1v) is 7.69. The Bertz CT molecular complexity index is 900. The van der Waals surface area contributed by atoms with Crippen LogP contribution in [0.1, 0.15) is 10.4 Å². The molecule has 1 amide bonds. The minimum absolute atomic E-state index is 0. The maximum atomic E-state index is 12.8. The molecule has 0 fully saturated rings. The van der Waals surface area contributed by atoms with E-state index in [1.165, 1.54) is 21.3 Å². The topological polar surface area (TPSA) is 74.3 Å². The Morgan fingerprint density at radius 1 is 0.962 bits per heavy atom. The summed E-state index contributed by atoms with van der Waals surface area (Å²) in [6.07, 6.45) is 3.45. The molecule has 2 N–H and O–H groups in total. The first-order valence-electron chi connectivity index (χ1n) is 7.69. The Balaban J connectivity index is 0.00000243. The zero-order valence-corrected chi connectivity index (χ0v) is 15.4. The fourth-order valence-corrected chi connectivity index (χ4v) is 2.70. The number of carbonyl (C=O) groups excluding carboxylic acids is 1. The number of amides is 1. The molecule has 0 saturated carbocycles. The van der Waals surface area contributed by atoms with Crippen molar-refractivity contribution in [3.8, 4) is 17.2 Å². The maximum Gasteiger partial charge on any atom is 0.347 e. The van der Waals surface area contributed by atoms with Crippen LogP contribution in [0.25, 0.3) is 10.8 Å². The third-order valence-electron chi connectivity index (χ3n) is 3.93. The summed E-state index contributed by atoms with van der Waals surface area (Å²) in [6.45, 7) is 0. The van der Waals surface area contributed by atoms with Gasteiger partial charge in [0.25, 0.3) is 0 Å². The lowest BCUT2D eigenvalue weighted by atomic mass is 10.1. The zero-order valence-electron chi connectivity index (χ0n) is 14.7. The molecule has 136 valence electrons. The zero-order chi connectivity index (χ0) is 17.8. The van der Waals surface area contributed by atoms with Gasteiger partial charge in [-0.25, -0.2) is 10.1 Å². The van der Waals surface area contributed by atoms with Crippen molar-refractivity contribution in [3.63, 3.8) is 0 Å². The number of carbonyl (C=O) groups is 1. The highest BCUT2D eigenvalue weighted by Gasteiger charge is 2.20. The standard InChI is InChI=1S/C19H18N2O4.ClH/c1-23-16-8-13(9-17(24-2)18(16)25-3)19(22)21-15-11-20-10-12-6-4-5-7-14(12)15;/h4-11H,1-3H3,(H,21,22);1H. The van der Waals surface area contributed by atoms with Crippen molar-refractivity contribution in [1.82, 2.24) is 4.98 Å². The van der Waals surface area contributed by atoms with E-state index < -0.39 is 0 Å². The molecule has 3 rings (SSSR count). The lowest BCUT2D eigenvalue weighted by Crippen LogP contribution is -3.00. The third kappa shape index (κ3) is 3.71. The van der Waals surface area contributed by atoms with E-state index in [9.17, 15) is 4.79 Å². The Kier molecular flexibility index (Phi) is 6.38. The number of benzene rings is 2. The number of quaternary nitrogens is 1. The highest BCUT2D eigenvalue weighted by Crippen LogP contribution is 2.38. The summed E-state index contributed by atoms with van der Waals surface area (Å²) < 4.78 is 15.9. The second-order valence-electron chi connectivity index (χ2n) is 5.37. The second-order valence-corrected chi connectivity index (χ2v) is 5.37. The van der Waals surface area contributed by atoms with Crippen LogP contribution in [0.4, 0.5) is 5.69 Å². The third-order valence-corrected chi connectivity index (χ3v) is 3.93. The van der Waals surface area contributed by atoms with Gasteiger partial charge in [0.15, 0.2) is 17.2 Å². The molecule has 0 aliphatic heterocycles. The largest absolute Gasteiger partial charge is 1.00 e. The minimum atomic E-state index is -0.169. The van der Waals surface area contributed by atoms with Crippen LogP contribution < -0.4 is 31.9 Å². The molecular weight excluding hydrogens is 356 g/mol. The normalized spacial score (nSPS) is 10.1. The predicted molar refractivity (Wildman–Crippen MR) is 93.8 cm³/mol. The highest BCUT2D eigenvalue weighted by molar-refractivity contribution is 5.94. The van der Waals surface area contributed by atoms with Gasteiger partial charge in [-0.1, -0.05) is 18.2 Å². The van der Waals surface area contributed by atoms with Gasteiger partial charge in [0.2, 0.25) is 5.75 Å². The average molecular weight is 375 g/mol. The number of fused-ring (bicyclic) bond motifs is 1. The SMILES string of the molecule is COc1cc(C(=O)[NH2+]c2cncc3ccccc23)cc(OC)c1OC.[Cl-]. The van der Waals surface area contributed by atoms with Crippen LogP contribution in [0.5, 0.6) is 17.2 Å². The second kappa shape index (κ2) is 8.51. The number of rotatable bonds is 5. The molecule has 0 atom stereocenters. The molecule has 2 aromatic carbocycles. The number of hydrogen-bond acceptors (Lipinski definition) is 5. The summed E-state index contributed by atoms with van der Waals surface area (Å²) in [7, 11) is 4.56. The van der Waals surface area contributed by atoms with Crippen LogP contribution in [0, 0.1) is 0 Å². The summed E-state index contributed by atoms with van der Waals surface area (Å²) in [6, 6.07) is 11.1. The van der Waals surface area contributed by atoms with E-state index in [1.54, 1.807) is 29.8 Å². The molecule has 6 nitrogen and oxygen atoms in total. The molecule has 7 heteroatoms. The van der Waals surface area contributed by atoms with Gasteiger partial charge in [-0.2, -0.15) is 0 Å². The van der Waals surface area contributed by atoms with Crippen molar-refractivity contribution in [3.05, 3.63) is 54.4 Å². The van der Waals surface area contributed by atoms with Gasteiger partial charge in [0, 0.05) is 29.1 Å². The Morgan fingerprint density at radius 3 is 2.23 bits per heavy atom. The monoisotopic (exact) mass is 374 g/mol.